The van der Waals surface area contributed by atoms with Crippen molar-refractivity contribution in [1.29, 1.82) is 0 Å². The maximum atomic E-state index is 12.1. The minimum atomic E-state index is -3.10. The highest BCUT2D eigenvalue weighted by atomic mass is 32.2. The van der Waals surface area contributed by atoms with Gasteiger partial charge in [-0.2, -0.15) is 0 Å². The molecule has 0 heterocycles. The van der Waals surface area contributed by atoms with Crippen molar-refractivity contribution < 1.29 is 8.42 Å². The lowest BCUT2D eigenvalue weighted by molar-refractivity contribution is 0.242. The largest absolute Gasteiger partial charge is 0.312 e. The molecule has 18 heavy (non-hydrogen) atoms. The maximum absolute atomic E-state index is 12.1. The van der Waals surface area contributed by atoms with Crippen LogP contribution in [0.5, 0.6) is 0 Å². The number of rotatable bonds is 5. The third-order valence-corrected chi connectivity index (χ3v) is 6.07. The average molecular weight is 276 g/mol. The first-order valence-electron chi connectivity index (χ1n) is 6.98. The molecule has 0 aromatic carbocycles. The highest BCUT2D eigenvalue weighted by Crippen LogP contribution is 2.25. The standard InChI is InChI=1S/C13H28N2O2S/c1-10(2)14-12-6-8-13(9-7-12)15(5)18(16,17)11(3)4/h10-14H,6-9H2,1-5H3. The second-order valence-corrected chi connectivity index (χ2v) is 8.49. The van der Waals surface area contributed by atoms with Crippen molar-refractivity contribution >= 4 is 10.0 Å². The molecule has 0 bridgehead atoms. The van der Waals surface area contributed by atoms with Crippen LogP contribution in [0, 0.1) is 0 Å². The Labute approximate surface area is 112 Å². The van der Waals surface area contributed by atoms with E-state index in [2.05, 4.69) is 19.2 Å². The van der Waals surface area contributed by atoms with Crippen molar-refractivity contribution in [2.24, 2.45) is 0 Å². The van der Waals surface area contributed by atoms with Gasteiger partial charge in [0, 0.05) is 25.2 Å². The molecule has 1 aliphatic rings. The first-order chi connectivity index (χ1) is 8.25. The van der Waals surface area contributed by atoms with E-state index in [1.807, 2.05) is 0 Å². The van der Waals surface area contributed by atoms with Gasteiger partial charge < -0.3 is 5.32 Å². The number of hydrogen-bond donors (Lipinski definition) is 1. The molecule has 1 fully saturated rings. The Hall–Kier alpha value is -0.130. The summed E-state index contributed by atoms with van der Waals surface area (Å²) in [5.74, 6) is 0. The monoisotopic (exact) mass is 276 g/mol. The van der Waals surface area contributed by atoms with Gasteiger partial charge in [0.2, 0.25) is 10.0 Å². The number of hydrogen-bond acceptors (Lipinski definition) is 3. The Morgan fingerprint density at radius 2 is 1.56 bits per heavy atom. The second-order valence-electron chi connectivity index (χ2n) is 5.94. The Bertz CT molecular complexity index is 344. The van der Waals surface area contributed by atoms with E-state index < -0.39 is 10.0 Å². The van der Waals surface area contributed by atoms with Gasteiger partial charge in [0.1, 0.15) is 0 Å². The van der Waals surface area contributed by atoms with Crippen LogP contribution in [0.15, 0.2) is 0 Å². The predicted molar refractivity (Wildman–Crippen MR) is 76.1 cm³/mol. The van der Waals surface area contributed by atoms with E-state index in [4.69, 9.17) is 0 Å². The van der Waals surface area contributed by atoms with E-state index in [1.165, 1.54) is 0 Å². The van der Waals surface area contributed by atoms with Crippen LogP contribution in [0.4, 0.5) is 0 Å². The summed E-state index contributed by atoms with van der Waals surface area (Å²) >= 11 is 0. The molecule has 0 aliphatic heterocycles. The van der Waals surface area contributed by atoms with Gasteiger partial charge in [-0.25, -0.2) is 12.7 Å². The minimum absolute atomic E-state index is 0.183. The van der Waals surface area contributed by atoms with E-state index in [0.717, 1.165) is 25.7 Å². The van der Waals surface area contributed by atoms with Crippen molar-refractivity contribution in [3.63, 3.8) is 0 Å². The molecular weight excluding hydrogens is 248 g/mol. The van der Waals surface area contributed by atoms with Crippen LogP contribution in [0.2, 0.25) is 0 Å². The highest BCUT2D eigenvalue weighted by Gasteiger charge is 2.31. The summed E-state index contributed by atoms with van der Waals surface area (Å²) in [5, 5.41) is 3.21. The molecule has 0 amide bonds. The molecule has 0 unspecified atom stereocenters. The molecule has 4 nitrogen and oxygen atoms in total. The van der Waals surface area contributed by atoms with E-state index in [1.54, 1.807) is 25.2 Å². The lowest BCUT2D eigenvalue weighted by Crippen LogP contribution is -2.46. The number of nitrogens with zero attached hydrogens (tertiary/aromatic N) is 1. The lowest BCUT2D eigenvalue weighted by Gasteiger charge is -2.35. The van der Waals surface area contributed by atoms with E-state index in [0.29, 0.717) is 12.1 Å². The normalized spacial score (nSPS) is 26.2. The predicted octanol–water partition coefficient (Wildman–Crippen LogP) is 1.97. The quantitative estimate of drug-likeness (QED) is 0.835. The topological polar surface area (TPSA) is 49.4 Å². The third-order valence-electron chi connectivity index (χ3n) is 3.78. The summed E-state index contributed by atoms with van der Waals surface area (Å²) in [6.07, 6.45) is 4.07. The van der Waals surface area contributed by atoms with Gasteiger partial charge >= 0.3 is 0 Å². The van der Waals surface area contributed by atoms with Crippen LogP contribution in [-0.4, -0.2) is 43.1 Å². The molecule has 5 heteroatoms. The Morgan fingerprint density at radius 3 is 1.94 bits per heavy atom. The maximum Gasteiger partial charge on any atom is 0.216 e. The van der Waals surface area contributed by atoms with Gasteiger partial charge in [-0.3, -0.25) is 0 Å². The van der Waals surface area contributed by atoms with Crippen molar-refractivity contribution in [2.45, 2.75) is 76.8 Å². The Morgan fingerprint density at radius 1 is 1.06 bits per heavy atom. The van der Waals surface area contributed by atoms with Gasteiger partial charge in [-0.05, 0) is 39.5 Å². The van der Waals surface area contributed by atoms with Crippen molar-refractivity contribution in [1.82, 2.24) is 9.62 Å². The average Bonchev–Trinajstić information content (AvgIpc) is 2.28. The molecule has 1 saturated carbocycles. The molecule has 0 atom stereocenters. The fourth-order valence-corrected chi connectivity index (χ4v) is 3.91. The molecular formula is C13H28N2O2S. The molecule has 0 aromatic heterocycles. The number of nitrogens with one attached hydrogen (secondary N) is 1. The molecule has 0 saturated heterocycles. The first-order valence-corrected chi connectivity index (χ1v) is 8.48. The molecule has 0 radical (unpaired) electrons. The molecule has 108 valence electrons. The van der Waals surface area contributed by atoms with Crippen LogP contribution < -0.4 is 5.32 Å². The van der Waals surface area contributed by atoms with Crippen molar-refractivity contribution in [2.75, 3.05) is 7.05 Å². The molecule has 1 N–H and O–H groups in total. The fraction of sp³-hybridized carbons (Fsp3) is 1.00. The SMILES string of the molecule is CC(C)NC1CCC(N(C)S(=O)(=O)C(C)C)CC1. The summed E-state index contributed by atoms with van der Waals surface area (Å²) in [6.45, 7) is 7.80. The Balaban J connectivity index is 2.53. The van der Waals surface area contributed by atoms with Crippen LogP contribution in [0.1, 0.15) is 53.4 Å². The third kappa shape index (κ3) is 3.93. The van der Waals surface area contributed by atoms with Gasteiger partial charge in [-0.15, -0.1) is 0 Å². The van der Waals surface area contributed by atoms with E-state index in [-0.39, 0.29) is 11.3 Å². The number of sulfonamides is 1. The zero-order valence-electron chi connectivity index (χ0n) is 12.3. The zero-order valence-corrected chi connectivity index (χ0v) is 13.1. The van der Waals surface area contributed by atoms with Crippen LogP contribution in [0.25, 0.3) is 0 Å². The van der Waals surface area contributed by atoms with E-state index in [9.17, 15) is 8.42 Å². The van der Waals surface area contributed by atoms with Gasteiger partial charge in [0.05, 0.1) is 5.25 Å². The van der Waals surface area contributed by atoms with E-state index >= 15 is 0 Å². The fourth-order valence-electron chi connectivity index (χ4n) is 2.62. The van der Waals surface area contributed by atoms with Gasteiger partial charge in [-0.1, -0.05) is 13.8 Å². The smallest absolute Gasteiger partial charge is 0.216 e. The van der Waals surface area contributed by atoms with Crippen LogP contribution in [-0.2, 0) is 10.0 Å². The lowest BCUT2D eigenvalue weighted by atomic mass is 9.91. The molecule has 0 aromatic rings. The first kappa shape index (κ1) is 15.9. The van der Waals surface area contributed by atoms with Crippen molar-refractivity contribution in [3.8, 4) is 0 Å². The molecule has 0 spiro atoms. The van der Waals surface area contributed by atoms with Crippen molar-refractivity contribution in [3.05, 3.63) is 0 Å². The molecule has 1 rings (SSSR count). The van der Waals surface area contributed by atoms with Gasteiger partial charge in [0.15, 0.2) is 0 Å². The van der Waals surface area contributed by atoms with Crippen LogP contribution in [0.3, 0.4) is 0 Å². The van der Waals surface area contributed by atoms with Crippen LogP contribution >= 0.6 is 0 Å². The summed E-state index contributed by atoms with van der Waals surface area (Å²) in [5.41, 5.74) is 0. The Kier molecular flexibility index (Phi) is 5.62. The zero-order chi connectivity index (χ0) is 13.9. The summed E-state index contributed by atoms with van der Waals surface area (Å²) in [7, 11) is -1.37. The summed E-state index contributed by atoms with van der Waals surface area (Å²) in [6, 6.07) is 1.24. The minimum Gasteiger partial charge on any atom is -0.312 e. The second kappa shape index (κ2) is 6.35. The summed E-state index contributed by atoms with van der Waals surface area (Å²) in [4.78, 5) is 0. The highest BCUT2D eigenvalue weighted by molar-refractivity contribution is 7.89. The summed E-state index contributed by atoms with van der Waals surface area (Å²) < 4.78 is 25.8. The molecule has 1 aliphatic carbocycles. The van der Waals surface area contributed by atoms with Gasteiger partial charge in [0.25, 0.3) is 0 Å².